The van der Waals surface area contributed by atoms with E-state index >= 15 is 0 Å². The van der Waals surface area contributed by atoms with E-state index in [0.29, 0.717) is 0 Å². The smallest absolute Gasteiger partial charge is 0.329 e. The molecule has 0 amide bonds. The van der Waals surface area contributed by atoms with Crippen LogP contribution in [-0.4, -0.2) is 46.7 Å². The zero-order valence-electron chi connectivity index (χ0n) is 5.63. The first-order chi connectivity index (χ1) is 5.13. The highest BCUT2D eigenvalue weighted by Crippen LogP contribution is 1.79. The van der Waals surface area contributed by atoms with Crippen molar-refractivity contribution in [3.05, 3.63) is 0 Å². The third-order valence-electron chi connectivity index (χ3n) is 0.660. The Morgan fingerprint density at radius 1 is 1.36 bits per heavy atom. The number of carboxylic acid groups (broad SMARTS) is 1. The van der Waals surface area contributed by atoms with Gasteiger partial charge >= 0.3 is 5.97 Å². The minimum absolute atomic E-state index is 0.0239. The molecule has 0 atom stereocenters. The molecule has 0 bridgehead atoms. The molecular formula is C4H9NO6. The third-order valence-corrected chi connectivity index (χ3v) is 0.660. The minimum Gasteiger partial charge on any atom is -0.480 e. The van der Waals surface area contributed by atoms with Gasteiger partial charge in [-0.15, -0.1) is 0 Å². The normalized spacial score (nSPS) is 10.5. The van der Waals surface area contributed by atoms with E-state index in [9.17, 15) is 4.79 Å². The fourth-order valence-corrected chi connectivity index (χ4v) is 0.337. The van der Waals surface area contributed by atoms with E-state index < -0.39 is 18.0 Å². The first-order valence-corrected chi connectivity index (χ1v) is 2.73. The number of ether oxygens (including phenoxy) is 1. The van der Waals surface area contributed by atoms with Crippen molar-refractivity contribution < 1.29 is 29.9 Å². The number of nitrogens with zero attached hydrogens (tertiary/aromatic N) is 1. The van der Waals surface area contributed by atoms with Crippen molar-refractivity contribution in [2.24, 2.45) is 0 Å². The van der Waals surface area contributed by atoms with E-state index in [1.165, 1.54) is 0 Å². The monoisotopic (exact) mass is 167 g/mol. The van der Waals surface area contributed by atoms with Crippen LogP contribution in [0.5, 0.6) is 0 Å². The van der Waals surface area contributed by atoms with Crippen molar-refractivity contribution in [2.45, 2.75) is 0 Å². The zero-order chi connectivity index (χ0) is 8.69. The van der Waals surface area contributed by atoms with E-state index in [2.05, 4.69) is 9.57 Å². The maximum Gasteiger partial charge on any atom is 0.329 e. The van der Waals surface area contributed by atoms with E-state index in [-0.39, 0.29) is 13.2 Å². The molecule has 0 saturated carbocycles. The number of hydrogen-bond donors (Lipinski definition) is 3. The van der Waals surface area contributed by atoms with Gasteiger partial charge in [-0.25, -0.2) is 9.63 Å². The average molecular weight is 167 g/mol. The molecule has 0 fully saturated rings. The SMILES string of the molecule is O=C(O)COCCON(O)O. The second-order valence-electron chi connectivity index (χ2n) is 1.53. The Morgan fingerprint density at radius 3 is 2.45 bits per heavy atom. The highest BCUT2D eigenvalue weighted by atomic mass is 17.1. The van der Waals surface area contributed by atoms with Crippen molar-refractivity contribution in [2.75, 3.05) is 19.8 Å². The van der Waals surface area contributed by atoms with Crippen molar-refractivity contribution >= 4 is 5.97 Å². The Morgan fingerprint density at radius 2 is 2.00 bits per heavy atom. The maximum absolute atomic E-state index is 9.82. The molecule has 7 nitrogen and oxygen atoms in total. The number of aliphatic carboxylic acids is 1. The molecule has 0 saturated heterocycles. The Labute approximate surface area is 62.2 Å². The summed E-state index contributed by atoms with van der Waals surface area (Å²) in [5, 5.41) is 23.5. The molecule has 0 aliphatic rings. The molecule has 0 unspecified atom stereocenters. The molecule has 0 rings (SSSR count). The van der Waals surface area contributed by atoms with Crippen LogP contribution in [0.15, 0.2) is 0 Å². The summed E-state index contributed by atoms with van der Waals surface area (Å²) in [6.45, 7) is -0.579. The van der Waals surface area contributed by atoms with Crippen LogP contribution in [0.4, 0.5) is 0 Å². The van der Waals surface area contributed by atoms with E-state index in [0.717, 1.165) is 0 Å². The fourth-order valence-electron chi connectivity index (χ4n) is 0.337. The minimum atomic E-state index is -1.09. The molecule has 11 heavy (non-hydrogen) atoms. The van der Waals surface area contributed by atoms with Gasteiger partial charge in [0.2, 0.25) is 0 Å². The van der Waals surface area contributed by atoms with Crippen molar-refractivity contribution in [3.63, 3.8) is 0 Å². The summed E-state index contributed by atoms with van der Waals surface area (Å²) in [6, 6.07) is 0. The number of carboxylic acids is 1. The lowest BCUT2D eigenvalue weighted by Gasteiger charge is -2.05. The van der Waals surface area contributed by atoms with Gasteiger partial charge in [-0.1, -0.05) is 0 Å². The third kappa shape index (κ3) is 9.27. The van der Waals surface area contributed by atoms with Gasteiger partial charge in [-0.3, -0.25) is 10.4 Å². The summed E-state index contributed by atoms with van der Waals surface area (Å²) in [5.41, 5.74) is 0. The lowest BCUT2D eigenvalue weighted by molar-refractivity contribution is -0.493. The number of rotatable bonds is 6. The lowest BCUT2D eigenvalue weighted by atomic mass is 10.7. The van der Waals surface area contributed by atoms with Gasteiger partial charge < -0.3 is 9.84 Å². The molecule has 0 aromatic rings. The fraction of sp³-hybridized carbons (Fsp3) is 0.750. The predicted octanol–water partition coefficient (Wildman–Crippen LogP) is -0.900. The molecule has 7 heteroatoms. The van der Waals surface area contributed by atoms with Crippen LogP contribution in [-0.2, 0) is 14.4 Å². The van der Waals surface area contributed by atoms with Gasteiger partial charge in [0.15, 0.2) is 0 Å². The second kappa shape index (κ2) is 6.01. The van der Waals surface area contributed by atoms with Gasteiger partial charge in [0.25, 0.3) is 0 Å². The number of hydrogen-bond acceptors (Lipinski definition) is 6. The highest BCUT2D eigenvalue weighted by molar-refractivity contribution is 5.67. The summed E-state index contributed by atoms with van der Waals surface area (Å²) in [5.74, 6) is -1.09. The van der Waals surface area contributed by atoms with Gasteiger partial charge in [-0.05, 0) is 0 Å². The van der Waals surface area contributed by atoms with Crippen LogP contribution in [0.2, 0.25) is 0 Å². The maximum atomic E-state index is 9.82. The standard InChI is InChI=1S/C4H9NO6/c6-4(7)3-10-1-2-11-5(8)9/h8-9H,1-3H2,(H,6,7). The Kier molecular flexibility index (Phi) is 5.61. The summed E-state index contributed by atoms with van der Waals surface area (Å²) in [6.07, 6.45) is 0. The molecule has 0 heterocycles. The topological polar surface area (TPSA) is 99.5 Å². The van der Waals surface area contributed by atoms with Crippen molar-refractivity contribution in [1.82, 2.24) is 5.39 Å². The van der Waals surface area contributed by atoms with E-state index in [1.54, 1.807) is 0 Å². The summed E-state index contributed by atoms with van der Waals surface area (Å²) in [4.78, 5) is 13.9. The molecule has 0 radical (unpaired) electrons. The molecule has 0 spiro atoms. The number of carbonyl (C=O) groups is 1. The van der Waals surface area contributed by atoms with Crippen LogP contribution in [0.1, 0.15) is 0 Å². The van der Waals surface area contributed by atoms with Crippen LogP contribution in [0.3, 0.4) is 0 Å². The largest absolute Gasteiger partial charge is 0.480 e. The highest BCUT2D eigenvalue weighted by Gasteiger charge is 1.97. The van der Waals surface area contributed by atoms with Crippen LogP contribution < -0.4 is 0 Å². The molecular weight excluding hydrogens is 158 g/mol. The Balaban J connectivity index is 2.97. The van der Waals surface area contributed by atoms with Gasteiger partial charge in [0.1, 0.15) is 6.61 Å². The Bertz CT molecular complexity index is 115. The molecule has 66 valence electrons. The summed E-state index contributed by atoms with van der Waals surface area (Å²) < 4.78 is 4.47. The quantitative estimate of drug-likeness (QED) is 0.348. The van der Waals surface area contributed by atoms with E-state index in [1.807, 2.05) is 0 Å². The first-order valence-electron chi connectivity index (χ1n) is 2.73. The Hall–Kier alpha value is -0.730. The van der Waals surface area contributed by atoms with Gasteiger partial charge in [0, 0.05) is 0 Å². The molecule has 0 aliphatic heterocycles. The summed E-state index contributed by atoms with van der Waals surface area (Å²) in [7, 11) is 0. The second-order valence-corrected chi connectivity index (χ2v) is 1.53. The van der Waals surface area contributed by atoms with Crippen LogP contribution >= 0.6 is 0 Å². The van der Waals surface area contributed by atoms with E-state index in [4.69, 9.17) is 15.5 Å². The predicted molar refractivity (Wildman–Crippen MR) is 29.8 cm³/mol. The van der Waals surface area contributed by atoms with Crippen molar-refractivity contribution in [3.8, 4) is 0 Å². The molecule has 0 aromatic heterocycles. The van der Waals surface area contributed by atoms with Crippen LogP contribution in [0, 0.1) is 0 Å². The molecule has 3 N–H and O–H groups in total. The average Bonchev–Trinajstić information content (AvgIpc) is 1.85. The van der Waals surface area contributed by atoms with Gasteiger partial charge in [-0.2, -0.15) is 0 Å². The summed E-state index contributed by atoms with van der Waals surface area (Å²) >= 11 is 0. The molecule has 0 aromatic carbocycles. The lowest BCUT2D eigenvalue weighted by Crippen LogP contribution is -2.19. The van der Waals surface area contributed by atoms with Gasteiger partial charge in [0.05, 0.1) is 18.6 Å². The van der Waals surface area contributed by atoms with Crippen molar-refractivity contribution in [1.29, 1.82) is 0 Å². The first kappa shape index (κ1) is 10.3. The van der Waals surface area contributed by atoms with Crippen LogP contribution in [0.25, 0.3) is 0 Å². The molecule has 0 aliphatic carbocycles. The zero-order valence-corrected chi connectivity index (χ0v) is 5.63.